The van der Waals surface area contributed by atoms with Gasteiger partial charge in [0.2, 0.25) is 0 Å². The minimum absolute atomic E-state index is 0.0841. The van der Waals surface area contributed by atoms with Crippen molar-refractivity contribution in [2.45, 2.75) is 30.3 Å². The van der Waals surface area contributed by atoms with Gasteiger partial charge >= 0.3 is 0 Å². The maximum absolute atomic E-state index is 12.8. The smallest absolute Gasteiger partial charge is 0.262 e. The molecule has 0 radical (unpaired) electrons. The molecule has 1 aliphatic rings. The molecule has 3 heterocycles. The number of nitrogens with zero attached hydrogens (tertiary/aromatic N) is 5. The third-order valence-electron chi connectivity index (χ3n) is 3.63. The lowest BCUT2D eigenvalue weighted by molar-refractivity contribution is 0.250. The van der Waals surface area contributed by atoms with Crippen molar-refractivity contribution in [2.24, 2.45) is 7.05 Å². The minimum Gasteiger partial charge on any atom is -0.339 e. The maximum atomic E-state index is 12.8. The van der Waals surface area contributed by atoms with Crippen molar-refractivity contribution in [3.8, 4) is 0 Å². The molecule has 8 heteroatoms. The van der Waals surface area contributed by atoms with Gasteiger partial charge in [-0.05, 0) is 12.8 Å². The molecule has 3 rings (SSSR count). The Morgan fingerprint density at radius 3 is 2.76 bits per heavy atom. The summed E-state index contributed by atoms with van der Waals surface area (Å²) in [6.07, 6.45) is 10.4. The quantitative estimate of drug-likeness (QED) is 0.849. The summed E-state index contributed by atoms with van der Waals surface area (Å²) >= 11 is 0. The molecule has 1 atom stereocenters. The van der Waals surface area contributed by atoms with Gasteiger partial charge in [0.15, 0.2) is 5.03 Å². The second kappa shape index (κ2) is 5.53. The fraction of sp³-hybridized carbons (Fsp3) is 0.462. The molecule has 1 fully saturated rings. The van der Waals surface area contributed by atoms with E-state index in [0.29, 0.717) is 12.2 Å². The maximum Gasteiger partial charge on any atom is 0.262 e. The fourth-order valence-corrected chi connectivity index (χ4v) is 4.25. The monoisotopic (exact) mass is 307 g/mol. The molecule has 7 nitrogen and oxygen atoms in total. The van der Waals surface area contributed by atoms with Crippen molar-refractivity contribution in [2.75, 3.05) is 6.54 Å². The van der Waals surface area contributed by atoms with Crippen LogP contribution in [0.2, 0.25) is 0 Å². The van der Waals surface area contributed by atoms with Gasteiger partial charge in [-0.15, -0.1) is 0 Å². The van der Waals surface area contributed by atoms with Crippen LogP contribution < -0.4 is 0 Å². The minimum atomic E-state index is -3.60. The third kappa shape index (κ3) is 2.68. The molecule has 0 saturated carbocycles. The molecule has 0 unspecified atom stereocenters. The zero-order valence-corrected chi connectivity index (χ0v) is 12.6. The van der Waals surface area contributed by atoms with Gasteiger partial charge in [0.25, 0.3) is 10.0 Å². The SMILES string of the molecule is Cn1cnc(S(=O)(=O)N2CCCC[C@H]2c2cnccn2)c1. The number of aryl methyl sites for hydroxylation is 1. The number of hydrogen-bond donors (Lipinski definition) is 0. The molecule has 0 N–H and O–H groups in total. The van der Waals surface area contributed by atoms with E-state index < -0.39 is 10.0 Å². The van der Waals surface area contributed by atoms with Crippen molar-refractivity contribution >= 4 is 10.0 Å². The molecular formula is C13H17N5O2S. The van der Waals surface area contributed by atoms with Crippen LogP contribution >= 0.6 is 0 Å². The van der Waals surface area contributed by atoms with E-state index in [-0.39, 0.29) is 11.1 Å². The average molecular weight is 307 g/mol. The van der Waals surface area contributed by atoms with E-state index in [9.17, 15) is 8.42 Å². The first-order valence-electron chi connectivity index (χ1n) is 6.85. The summed E-state index contributed by atoms with van der Waals surface area (Å²) in [4.78, 5) is 12.3. The van der Waals surface area contributed by atoms with Crippen LogP contribution in [0.15, 0.2) is 36.1 Å². The van der Waals surface area contributed by atoms with Crippen molar-refractivity contribution in [1.29, 1.82) is 0 Å². The summed E-state index contributed by atoms with van der Waals surface area (Å²) < 4.78 is 28.7. The van der Waals surface area contributed by atoms with Crippen LogP contribution in [-0.2, 0) is 17.1 Å². The molecule has 1 aliphatic heterocycles. The Labute approximate surface area is 123 Å². The Kier molecular flexibility index (Phi) is 3.73. The second-order valence-electron chi connectivity index (χ2n) is 5.13. The number of rotatable bonds is 3. The number of aromatic nitrogens is 4. The summed E-state index contributed by atoms with van der Waals surface area (Å²) in [7, 11) is -1.85. The summed E-state index contributed by atoms with van der Waals surface area (Å²) in [6.45, 7) is 0.486. The standard InChI is InChI=1S/C13H17N5O2S/c1-17-9-13(16-10-17)21(19,20)18-7-3-2-4-12(18)11-8-14-5-6-15-11/h5-6,8-10,12H,2-4,7H2,1H3/t12-/m0/s1. The highest BCUT2D eigenvalue weighted by Crippen LogP contribution is 2.33. The lowest BCUT2D eigenvalue weighted by Crippen LogP contribution is -2.39. The van der Waals surface area contributed by atoms with Crippen molar-refractivity contribution in [3.63, 3.8) is 0 Å². The number of imidazole rings is 1. The molecule has 2 aromatic rings. The number of hydrogen-bond acceptors (Lipinski definition) is 5. The molecule has 21 heavy (non-hydrogen) atoms. The van der Waals surface area contributed by atoms with Gasteiger partial charge in [-0.3, -0.25) is 9.97 Å². The molecule has 112 valence electrons. The van der Waals surface area contributed by atoms with E-state index in [0.717, 1.165) is 19.3 Å². The molecule has 0 aliphatic carbocycles. The van der Waals surface area contributed by atoms with Gasteiger partial charge < -0.3 is 4.57 Å². The molecule has 2 aromatic heterocycles. The molecule has 1 saturated heterocycles. The van der Waals surface area contributed by atoms with E-state index in [4.69, 9.17) is 0 Å². The normalized spacial score (nSPS) is 20.5. The van der Waals surface area contributed by atoms with Gasteiger partial charge in [0.05, 0.1) is 24.3 Å². The van der Waals surface area contributed by atoms with Crippen LogP contribution in [0.5, 0.6) is 0 Å². The van der Waals surface area contributed by atoms with Gasteiger partial charge in [-0.1, -0.05) is 6.42 Å². The van der Waals surface area contributed by atoms with Crippen LogP contribution in [0.4, 0.5) is 0 Å². The van der Waals surface area contributed by atoms with Crippen molar-refractivity contribution < 1.29 is 8.42 Å². The van der Waals surface area contributed by atoms with Crippen LogP contribution in [0.1, 0.15) is 31.0 Å². The van der Waals surface area contributed by atoms with Crippen LogP contribution in [0.3, 0.4) is 0 Å². The summed E-state index contributed by atoms with van der Waals surface area (Å²) in [5, 5.41) is 0.0841. The van der Waals surface area contributed by atoms with Gasteiger partial charge in [-0.25, -0.2) is 13.4 Å². The Morgan fingerprint density at radius 1 is 1.24 bits per heavy atom. The van der Waals surface area contributed by atoms with Gasteiger partial charge in [0.1, 0.15) is 0 Å². The Bertz CT molecular complexity index is 713. The Morgan fingerprint density at radius 2 is 2.10 bits per heavy atom. The summed E-state index contributed by atoms with van der Waals surface area (Å²) in [6, 6.07) is -0.264. The third-order valence-corrected chi connectivity index (χ3v) is 5.43. The van der Waals surface area contributed by atoms with Crippen LogP contribution in [0, 0.1) is 0 Å². The highest BCUT2D eigenvalue weighted by Gasteiger charge is 2.36. The Hall–Kier alpha value is -1.80. The zero-order valence-electron chi connectivity index (χ0n) is 11.8. The lowest BCUT2D eigenvalue weighted by atomic mass is 10.0. The van der Waals surface area contributed by atoms with Crippen LogP contribution in [0.25, 0.3) is 0 Å². The van der Waals surface area contributed by atoms with E-state index >= 15 is 0 Å². The first-order chi connectivity index (χ1) is 10.1. The van der Waals surface area contributed by atoms with E-state index in [1.165, 1.54) is 16.8 Å². The zero-order chi connectivity index (χ0) is 14.9. The topological polar surface area (TPSA) is 81.0 Å². The van der Waals surface area contributed by atoms with E-state index in [2.05, 4.69) is 15.0 Å². The first kappa shape index (κ1) is 14.2. The predicted molar refractivity (Wildman–Crippen MR) is 75.7 cm³/mol. The molecule has 0 amide bonds. The first-order valence-corrected chi connectivity index (χ1v) is 8.29. The predicted octanol–water partition coefficient (Wildman–Crippen LogP) is 1.13. The number of sulfonamides is 1. The van der Waals surface area contributed by atoms with Crippen molar-refractivity contribution in [1.82, 2.24) is 23.8 Å². The highest BCUT2D eigenvalue weighted by molar-refractivity contribution is 7.89. The molecular weight excluding hydrogens is 290 g/mol. The fourth-order valence-electron chi connectivity index (χ4n) is 2.61. The number of piperidine rings is 1. The lowest BCUT2D eigenvalue weighted by Gasteiger charge is -2.33. The molecule has 0 aromatic carbocycles. The average Bonchev–Trinajstić information content (AvgIpc) is 2.95. The summed E-state index contributed by atoms with van der Waals surface area (Å²) in [5.74, 6) is 0. The molecule has 0 bridgehead atoms. The van der Waals surface area contributed by atoms with Gasteiger partial charge in [-0.2, -0.15) is 4.31 Å². The van der Waals surface area contributed by atoms with Gasteiger partial charge in [0, 0.05) is 32.2 Å². The van der Waals surface area contributed by atoms with Crippen molar-refractivity contribution in [3.05, 3.63) is 36.8 Å². The van der Waals surface area contributed by atoms with E-state index in [1.807, 2.05) is 0 Å². The van der Waals surface area contributed by atoms with Crippen LogP contribution in [-0.4, -0.2) is 38.8 Å². The summed E-state index contributed by atoms with van der Waals surface area (Å²) in [5.41, 5.74) is 0.691. The molecule has 0 spiro atoms. The Balaban J connectivity index is 1.98. The largest absolute Gasteiger partial charge is 0.339 e. The highest BCUT2D eigenvalue weighted by atomic mass is 32.2. The van der Waals surface area contributed by atoms with E-state index in [1.54, 1.807) is 30.2 Å². The second-order valence-corrected chi connectivity index (χ2v) is 6.97.